The number of hydrogen-bond acceptors (Lipinski definition) is 2. The van der Waals surface area contributed by atoms with Gasteiger partial charge in [0, 0.05) is 12.1 Å². The Labute approximate surface area is 119 Å². The van der Waals surface area contributed by atoms with E-state index < -0.39 is 0 Å². The second-order valence-electron chi connectivity index (χ2n) is 5.41. The van der Waals surface area contributed by atoms with Crippen LogP contribution >= 0.6 is 11.6 Å². The first kappa shape index (κ1) is 14.3. The number of pyridine rings is 1. The van der Waals surface area contributed by atoms with Gasteiger partial charge in [-0.25, -0.2) is 4.98 Å². The Kier molecular flexibility index (Phi) is 4.77. The first-order valence-electron chi connectivity index (χ1n) is 6.84. The van der Waals surface area contributed by atoms with Crippen molar-refractivity contribution in [3.8, 4) is 0 Å². The third-order valence-corrected chi connectivity index (χ3v) is 4.13. The molecule has 1 aliphatic rings. The van der Waals surface area contributed by atoms with E-state index in [9.17, 15) is 4.79 Å². The minimum Gasteiger partial charge on any atom is -0.325 e. The van der Waals surface area contributed by atoms with Gasteiger partial charge in [0.1, 0.15) is 0 Å². The molecule has 1 aromatic rings. The number of aromatic nitrogens is 1. The number of hydrogen-bond donors (Lipinski definition) is 2. The van der Waals surface area contributed by atoms with Gasteiger partial charge >= 0.3 is 0 Å². The van der Waals surface area contributed by atoms with Crippen molar-refractivity contribution < 1.29 is 9.69 Å². The van der Waals surface area contributed by atoms with Gasteiger partial charge in [-0.2, -0.15) is 0 Å². The van der Waals surface area contributed by atoms with Gasteiger partial charge in [0.05, 0.1) is 18.8 Å². The highest BCUT2D eigenvalue weighted by atomic mass is 35.5. The van der Waals surface area contributed by atoms with E-state index in [-0.39, 0.29) is 11.9 Å². The van der Waals surface area contributed by atoms with Gasteiger partial charge in [-0.15, -0.1) is 0 Å². The molecule has 1 aliphatic heterocycles. The van der Waals surface area contributed by atoms with Crippen LogP contribution in [0.2, 0.25) is 5.15 Å². The monoisotopic (exact) mass is 282 g/mol. The Hall–Kier alpha value is -1.13. The topological polar surface area (TPSA) is 46.4 Å². The molecule has 0 saturated carbocycles. The molecule has 0 bridgehead atoms. The maximum Gasteiger partial charge on any atom is 0.282 e. The van der Waals surface area contributed by atoms with E-state index in [0.29, 0.717) is 16.8 Å². The van der Waals surface area contributed by atoms with Crippen LogP contribution in [-0.2, 0) is 4.79 Å². The number of rotatable bonds is 3. The molecule has 1 aromatic heterocycles. The number of amides is 1. The van der Waals surface area contributed by atoms with Gasteiger partial charge in [0.15, 0.2) is 11.2 Å². The maximum atomic E-state index is 12.3. The molecule has 19 heavy (non-hydrogen) atoms. The van der Waals surface area contributed by atoms with Crippen molar-refractivity contribution in [2.75, 3.05) is 18.4 Å². The van der Waals surface area contributed by atoms with Crippen LogP contribution in [0.4, 0.5) is 5.69 Å². The van der Waals surface area contributed by atoms with Crippen molar-refractivity contribution in [3.63, 3.8) is 0 Å². The van der Waals surface area contributed by atoms with Crippen molar-refractivity contribution in [1.82, 2.24) is 4.98 Å². The number of carbonyl (C=O) groups is 1. The van der Waals surface area contributed by atoms with Gasteiger partial charge in [0.2, 0.25) is 0 Å². The van der Waals surface area contributed by atoms with E-state index in [1.165, 1.54) is 17.7 Å². The molecular formula is C14H21ClN3O+. The molecule has 1 saturated heterocycles. The quantitative estimate of drug-likeness (QED) is 0.823. The third-order valence-electron chi connectivity index (χ3n) is 3.83. The fraction of sp³-hybridized carbons (Fsp3) is 0.571. The first-order chi connectivity index (χ1) is 9.08. The lowest BCUT2D eigenvalue weighted by molar-refractivity contribution is -0.922. The lowest BCUT2D eigenvalue weighted by Gasteiger charge is -2.31. The standard InChI is InChI=1S/C14H20ClN3O/c1-10-5-4-8-18(9-10)11(2)14(19)17-12-6-3-7-16-13(12)15/h3,6-7,10-11H,4-5,8-9H2,1-2H3,(H,17,19)/p+1/t10-,11-/m0/s1. The second kappa shape index (κ2) is 6.35. The molecule has 0 aromatic carbocycles. The SMILES string of the molecule is C[C@H]1CCC[NH+]([C@@H](C)C(=O)Nc2cccnc2Cl)C1. The van der Waals surface area contributed by atoms with E-state index in [4.69, 9.17) is 11.6 Å². The van der Waals surface area contributed by atoms with Crippen LogP contribution in [0.1, 0.15) is 26.7 Å². The largest absolute Gasteiger partial charge is 0.325 e. The molecule has 2 rings (SSSR count). The van der Waals surface area contributed by atoms with Crippen molar-refractivity contribution in [1.29, 1.82) is 0 Å². The van der Waals surface area contributed by atoms with Crippen molar-refractivity contribution in [3.05, 3.63) is 23.5 Å². The molecule has 5 heteroatoms. The van der Waals surface area contributed by atoms with Gasteiger partial charge in [-0.05, 0) is 31.9 Å². The number of nitrogens with zero attached hydrogens (tertiary/aromatic N) is 1. The zero-order valence-corrected chi connectivity index (χ0v) is 12.2. The highest BCUT2D eigenvalue weighted by Crippen LogP contribution is 2.17. The Balaban J connectivity index is 1.97. The number of quaternary nitrogens is 1. The molecule has 1 fully saturated rings. The molecule has 3 atom stereocenters. The molecule has 4 nitrogen and oxygen atoms in total. The molecule has 1 unspecified atom stereocenters. The van der Waals surface area contributed by atoms with E-state index in [1.54, 1.807) is 18.3 Å². The average Bonchev–Trinajstić information content (AvgIpc) is 2.40. The van der Waals surface area contributed by atoms with Crippen LogP contribution in [-0.4, -0.2) is 30.0 Å². The summed E-state index contributed by atoms with van der Waals surface area (Å²) in [5.74, 6) is 0.708. The van der Waals surface area contributed by atoms with Gasteiger partial charge < -0.3 is 10.2 Å². The van der Waals surface area contributed by atoms with Gasteiger partial charge in [0.25, 0.3) is 5.91 Å². The molecule has 0 aliphatic carbocycles. The smallest absolute Gasteiger partial charge is 0.282 e. The maximum absolute atomic E-state index is 12.3. The lowest BCUT2D eigenvalue weighted by atomic mass is 9.99. The lowest BCUT2D eigenvalue weighted by Crippen LogP contribution is -3.17. The predicted octanol–water partition coefficient (Wildman–Crippen LogP) is 1.38. The number of anilines is 1. The highest BCUT2D eigenvalue weighted by molar-refractivity contribution is 6.32. The summed E-state index contributed by atoms with van der Waals surface area (Å²) in [7, 11) is 0. The number of nitrogens with one attached hydrogen (secondary N) is 2. The van der Waals surface area contributed by atoms with Crippen LogP contribution in [0.5, 0.6) is 0 Å². The minimum atomic E-state index is -0.0565. The number of piperidine rings is 1. The summed E-state index contributed by atoms with van der Waals surface area (Å²) in [6.45, 7) is 6.36. The molecule has 1 amide bonds. The summed E-state index contributed by atoms with van der Waals surface area (Å²) in [5.41, 5.74) is 0.588. The van der Waals surface area contributed by atoms with Crippen LogP contribution in [0.15, 0.2) is 18.3 Å². The average molecular weight is 283 g/mol. The predicted molar refractivity (Wildman–Crippen MR) is 76.4 cm³/mol. The molecule has 2 N–H and O–H groups in total. The van der Waals surface area contributed by atoms with Crippen molar-refractivity contribution in [2.45, 2.75) is 32.7 Å². The Bertz CT molecular complexity index is 452. The summed E-state index contributed by atoms with van der Waals surface area (Å²) in [6, 6.07) is 3.48. The molecule has 0 spiro atoms. The fourth-order valence-electron chi connectivity index (χ4n) is 2.63. The zero-order chi connectivity index (χ0) is 13.8. The minimum absolute atomic E-state index is 0.0130. The molecule has 0 radical (unpaired) electrons. The highest BCUT2D eigenvalue weighted by Gasteiger charge is 2.29. The summed E-state index contributed by atoms with van der Waals surface area (Å²) < 4.78 is 0. The molecular weight excluding hydrogens is 262 g/mol. The van der Waals surface area contributed by atoms with Gasteiger partial charge in [-0.1, -0.05) is 18.5 Å². The summed E-state index contributed by atoms with van der Waals surface area (Å²) in [5, 5.41) is 3.21. The molecule has 104 valence electrons. The number of carbonyl (C=O) groups excluding carboxylic acids is 1. The van der Waals surface area contributed by atoms with E-state index in [0.717, 1.165) is 13.1 Å². The summed E-state index contributed by atoms with van der Waals surface area (Å²) in [4.78, 5) is 17.6. The van der Waals surface area contributed by atoms with Crippen molar-refractivity contribution >= 4 is 23.2 Å². The Morgan fingerprint density at radius 2 is 2.42 bits per heavy atom. The van der Waals surface area contributed by atoms with E-state index in [2.05, 4.69) is 17.2 Å². The van der Waals surface area contributed by atoms with E-state index >= 15 is 0 Å². The zero-order valence-electron chi connectivity index (χ0n) is 11.4. The fourth-order valence-corrected chi connectivity index (χ4v) is 2.79. The molecule has 2 heterocycles. The van der Waals surface area contributed by atoms with Crippen LogP contribution in [0, 0.1) is 5.92 Å². The second-order valence-corrected chi connectivity index (χ2v) is 5.77. The van der Waals surface area contributed by atoms with Gasteiger partial charge in [-0.3, -0.25) is 4.79 Å². The number of likely N-dealkylation sites (tertiary alicyclic amines) is 1. The van der Waals surface area contributed by atoms with Crippen LogP contribution in [0.3, 0.4) is 0 Å². The summed E-state index contributed by atoms with van der Waals surface area (Å²) >= 11 is 5.95. The normalized spacial score (nSPS) is 24.8. The Morgan fingerprint density at radius 1 is 1.63 bits per heavy atom. The van der Waals surface area contributed by atoms with E-state index in [1.807, 2.05) is 6.92 Å². The third kappa shape index (κ3) is 3.67. The Morgan fingerprint density at radius 3 is 3.11 bits per heavy atom. The van der Waals surface area contributed by atoms with Crippen LogP contribution < -0.4 is 10.2 Å². The number of halogens is 1. The van der Waals surface area contributed by atoms with Crippen LogP contribution in [0.25, 0.3) is 0 Å². The summed E-state index contributed by atoms with van der Waals surface area (Å²) in [6.07, 6.45) is 4.08. The first-order valence-corrected chi connectivity index (χ1v) is 7.21. The van der Waals surface area contributed by atoms with Crippen molar-refractivity contribution in [2.24, 2.45) is 5.92 Å².